The molecule has 0 N–H and O–H groups in total. The molecule has 2 atom stereocenters. The Balaban J connectivity index is 4.96. The van der Waals surface area contributed by atoms with Crippen LogP contribution >= 0.6 is 0 Å². The fourth-order valence-corrected chi connectivity index (χ4v) is 3.32. The summed E-state index contributed by atoms with van der Waals surface area (Å²) in [4.78, 5) is 0. The van der Waals surface area contributed by atoms with Gasteiger partial charge in [-0.05, 0) is 41.9 Å². The highest BCUT2D eigenvalue weighted by atomic mass is 14.4. The predicted molar refractivity (Wildman–Crippen MR) is 89.6 cm³/mol. The Kier molecular flexibility index (Phi) is 8.32. The monoisotopic (exact) mass is 268 g/mol. The zero-order chi connectivity index (χ0) is 15.1. The van der Waals surface area contributed by atoms with Crippen molar-refractivity contribution in [3.8, 4) is 0 Å². The molecule has 0 aliphatic rings. The smallest absolute Gasteiger partial charge is 0.0292 e. The summed E-state index contributed by atoms with van der Waals surface area (Å²) in [5, 5.41) is 0. The summed E-state index contributed by atoms with van der Waals surface area (Å²) in [7, 11) is 0. The molecule has 0 aliphatic carbocycles. The number of unbranched alkanes of at least 4 members (excludes halogenated alkanes) is 1. The van der Waals surface area contributed by atoms with Gasteiger partial charge in [-0.25, -0.2) is 0 Å². The molecule has 0 heteroatoms. The van der Waals surface area contributed by atoms with E-state index in [0.717, 1.165) is 11.8 Å². The van der Waals surface area contributed by atoms with Crippen LogP contribution in [-0.2, 0) is 0 Å². The molecular weight excluding hydrogens is 228 g/mol. The standard InChI is InChI=1S/C19H40/c1-9-12-13-19(11-3,14-17(6)16(4)5)15-18(7,8)10-2/h16-17H,9-15H2,1-8H3. The average molecular weight is 269 g/mol. The second kappa shape index (κ2) is 8.32. The Bertz CT molecular complexity index is 226. The summed E-state index contributed by atoms with van der Waals surface area (Å²) in [5.74, 6) is 1.67. The van der Waals surface area contributed by atoms with Crippen molar-refractivity contribution >= 4 is 0 Å². The molecule has 0 saturated carbocycles. The molecule has 0 aromatic heterocycles. The first-order valence-corrected chi connectivity index (χ1v) is 8.72. The van der Waals surface area contributed by atoms with Gasteiger partial charge in [-0.2, -0.15) is 0 Å². The van der Waals surface area contributed by atoms with Crippen LogP contribution in [0.5, 0.6) is 0 Å². The van der Waals surface area contributed by atoms with E-state index in [2.05, 4.69) is 55.4 Å². The second-order valence-corrected chi connectivity index (χ2v) is 8.08. The largest absolute Gasteiger partial charge is 0.0654 e. The van der Waals surface area contributed by atoms with Crippen LogP contribution in [0.1, 0.15) is 100 Å². The minimum atomic E-state index is 0.500. The molecule has 0 aliphatic heterocycles. The van der Waals surface area contributed by atoms with Crippen molar-refractivity contribution < 1.29 is 0 Å². The summed E-state index contributed by atoms with van der Waals surface area (Å²) in [6.07, 6.45) is 9.66. The van der Waals surface area contributed by atoms with Gasteiger partial charge in [0.15, 0.2) is 0 Å². The van der Waals surface area contributed by atoms with E-state index in [1.807, 2.05) is 0 Å². The summed E-state index contributed by atoms with van der Waals surface area (Å²) in [5.41, 5.74) is 1.08. The van der Waals surface area contributed by atoms with Crippen molar-refractivity contribution in [2.24, 2.45) is 22.7 Å². The van der Waals surface area contributed by atoms with E-state index in [1.165, 1.54) is 44.9 Å². The highest BCUT2D eigenvalue weighted by molar-refractivity contribution is 4.86. The van der Waals surface area contributed by atoms with Crippen molar-refractivity contribution in [1.29, 1.82) is 0 Å². The predicted octanol–water partition coefficient (Wildman–Crippen LogP) is 7.08. The molecule has 0 spiro atoms. The molecular formula is C19H40. The molecule has 0 heterocycles. The minimum Gasteiger partial charge on any atom is -0.0654 e. The van der Waals surface area contributed by atoms with Crippen LogP contribution in [0.2, 0.25) is 0 Å². The van der Waals surface area contributed by atoms with Gasteiger partial charge >= 0.3 is 0 Å². The second-order valence-electron chi connectivity index (χ2n) is 8.08. The normalized spacial score (nSPS) is 17.5. The van der Waals surface area contributed by atoms with Crippen LogP contribution in [0.15, 0.2) is 0 Å². The van der Waals surface area contributed by atoms with Gasteiger partial charge in [0.1, 0.15) is 0 Å². The first kappa shape index (κ1) is 19.0. The van der Waals surface area contributed by atoms with E-state index in [9.17, 15) is 0 Å². The fraction of sp³-hybridized carbons (Fsp3) is 1.00. The van der Waals surface area contributed by atoms with Gasteiger partial charge in [-0.1, -0.05) is 81.1 Å². The van der Waals surface area contributed by atoms with Crippen LogP contribution in [0.4, 0.5) is 0 Å². The molecule has 2 unspecified atom stereocenters. The molecule has 0 fully saturated rings. The van der Waals surface area contributed by atoms with Gasteiger partial charge in [0, 0.05) is 0 Å². The van der Waals surface area contributed by atoms with Crippen molar-refractivity contribution in [3.63, 3.8) is 0 Å². The van der Waals surface area contributed by atoms with E-state index < -0.39 is 0 Å². The molecule has 116 valence electrons. The van der Waals surface area contributed by atoms with Crippen LogP contribution < -0.4 is 0 Å². The third-order valence-corrected chi connectivity index (χ3v) is 5.51. The first-order valence-electron chi connectivity index (χ1n) is 8.72. The summed E-state index contributed by atoms with van der Waals surface area (Å²) in [6, 6.07) is 0. The van der Waals surface area contributed by atoms with Crippen LogP contribution in [0, 0.1) is 22.7 Å². The van der Waals surface area contributed by atoms with Crippen molar-refractivity contribution in [1.82, 2.24) is 0 Å². The fourth-order valence-electron chi connectivity index (χ4n) is 3.32. The summed E-state index contributed by atoms with van der Waals surface area (Å²) < 4.78 is 0. The topological polar surface area (TPSA) is 0 Å². The van der Waals surface area contributed by atoms with Gasteiger partial charge in [-0.15, -0.1) is 0 Å². The lowest BCUT2D eigenvalue weighted by Gasteiger charge is -2.42. The van der Waals surface area contributed by atoms with Crippen LogP contribution in [-0.4, -0.2) is 0 Å². The average Bonchev–Trinajstić information content (AvgIpc) is 2.35. The first-order chi connectivity index (χ1) is 8.72. The molecule has 0 amide bonds. The van der Waals surface area contributed by atoms with E-state index in [0.29, 0.717) is 10.8 Å². The highest BCUT2D eigenvalue weighted by Crippen LogP contribution is 2.47. The van der Waals surface area contributed by atoms with Gasteiger partial charge in [0.25, 0.3) is 0 Å². The SMILES string of the molecule is CCCCC(CC)(CC(C)C(C)C)CC(C)(C)CC. The third-order valence-electron chi connectivity index (χ3n) is 5.51. The maximum absolute atomic E-state index is 2.46. The molecule has 0 aromatic carbocycles. The Hall–Kier alpha value is 0. The number of hydrogen-bond acceptors (Lipinski definition) is 0. The molecule has 0 rings (SSSR count). The lowest BCUT2D eigenvalue weighted by Crippen LogP contribution is -2.30. The van der Waals surface area contributed by atoms with E-state index in [1.54, 1.807) is 0 Å². The number of rotatable bonds is 10. The van der Waals surface area contributed by atoms with Gasteiger partial charge in [-0.3, -0.25) is 0 Å². The zero-order valence-electron chi connectivity index (χ0n) is 15.1. The molecule has 19 heavy (non-hydrogen) atoms. The highest BCUT2D eigenvalue weighted by Gasteiger charge is 2.35. The summed E-state index contributed by atoms with van der Waals surface area (Å²) >= 11 is 0. The zero-order valence-corrected chi connectivity index (χ0v) is 15.1. The van der Waals surface area contributed by atoms with Crippen LogP contribution in [0.3, 0.4) is 0 Å². The molecule has 0 radical (unpaired) electrons. The lowest BCUT2D eigenvalue weighted by molar-refractivity contribution is 0.0908. The van der Waals surface area contributed by atoms with E-state index in [-0.39, 0.29) is 0 Å². The summed E-state index contributed by atoms with van der Waals surface area (Å²) in [6.45, 7) is 19.3. The van der Waals surface area contributed by atoms with Gasteiger partial charge in [0.2, 0.25) is 0 Å². The van der Waals surface area contributed by atoms with Crippen molar-refractivity contribution in [2.45, 2.75) is 100 Å². The van der Waals surface area contributed by atoms with Crippen LogP contribution in [0.25, 0.3) is 0 Å². The Morgan fingerprint density at radius 1 is 0.895 bits per heavy atom. The Morgan fingerprint density at radius 2 is 1.47 bits per heavy atom. The molecule has 0 saturated heterocycles. The van der Waals surface area contributed by atoms with E-state index in [4.69, 9.17) is 0 Å². The Morgan fingerprint density at radius 3 is 1.84 bits per heavy atom. The van der Waals surface area contributed by atoms with Gasteiger partial charge < -0.3 is 0 Å². The molecule has 0 nitrogen and oxygen atoms in total. The van der Waals surface area contributed by atoms with E-state index >= 15 is 0 Å². The minimum absolute atomic E-state index is 0.500. The molecule has 0 bridgehead atoms. The maximum atomic E-state index is 2.46. The Labute approximate surface area is 123 Å². The van der Waals surface area contributed by atoms with Crippen molar-refractivity contribution in [2.75, 3.05) is 0 Å². The molecule has 0 aromatic rings. The van der Waals surface area contributed by atoms with Gasteiger partial charge in [0.05, 0.1) is 0 Å². The van der Waals surface area contributed by atoms with Crippen molar-refractivity contribution in [3.05, 3.63) is 0 Å². The third kappa shape index (κ3) is 6.82. The lowest BCUT2D eigenvalue weighted by atomic mass is 9.63. The maximum Gasteiger partial charge on any atom is -0.0292 e. The quantitative estimate of drug-likeness (QED) is 0.397. The number of hydrogen-bond donors (Lipinski definition) is 0.